The third-order valence-corrected chi connectivity index (χ3v) is 6.85. The van der Waals surface area contributed by atoms with Crippen molar-refractivity contribution < 1.29 is 22.4 Å². The van der Waals surface area contributed by atoms with Gasteiger partial charge < -0.3 is 5.32 Å². The van der Waals surface area contributed by atoms with Gasteiger partial charge in [0.25, 0.3) is 5.91 Å². The molecule has 1 amide bonds. The monoisotopic (exact) mass is 603 g/mol. The second kappa shape index (κ2) is 11.3. The van der Waals surface area contributed by atoms with Crippen molar-refractivity contribution in [3.8, 4) is 16.9 Å². The summed E-state index contributed by atoms with van der Waals surface area (Å²) < 4.78 is 54.9. The van der Waals surface area contributed by atoms with Crippen LogP contribution >= 0.6 is 23.2 Å². The zero-order chi connectivity index (χ0) is 29.3. The zero-order valence-electron chi connectivity index (χ0n) is 21.0. The maximum absolute atomic E-state index is 14.2. The quantitative estimate of drug-likeness (QED) is 0.204. The van der Waals surface area contributed by atoms with Crippen LogP contribution in [0.1, 0.15) is 46.0 Å². The number of benzene rings is 3. The SMILES string of the molecule is CC(NC(=O)c1nn(-c2ccccc2Cl)c(-c2ccc(Cl)cc2)c1Cc1nnn[nH]1)c1ccc(C(F)(F)F)c(F)c1. The Morgan fingerprint density at radius 2 is 1.80 bits per heavy atom. The molecule has 210 valence electrons. The largest absolute Gasteiger partial charge is 0.419 e. The van der Waals surface area contributed by atoms with E-state index < -0.39 is 29.5 Å². The minimum atomic E-state index is -4.84. The summed E-state index contributed by atoms with van der Waals surface area (Å²) in [7, 11) is 0. The van der Waals surface area contributed by atoms with Crippen LogP contribution in [0.5, 0.6) is 0 Å². The van der Waals surface area contributed by atoms with E-state index in [1.807, 2.05) is 0 Å². The van der Waals surface area contributed by atoms with Gasteiger partial charge in [0.1, 0.15) is 5.82 Å². The smallest absolute Gasteiger partial charge is 0.344 e. The van der Waals surface area contributed by atoms with Crippen LogP contribution in [0.2, 0.25) is 10.0 Å². The van der Waals surface area contributed by atoms with Crippen LogP contribution < -0.4 is 5.32 Å². The van der Waals surface area contributed by atoms with E-state index in [4.69, 9.17) is 23.2 Å². The fraction of sp³-hybridized carbons (Fsp3) is 0.148. The predicted octanol–water partition coefficient (Wildman–Crippen LogP) is 6.60. The van der Waals surface area contributed by atoms with Gasteiger partial charge in [0.2, 0.25) is 0 Å². The summed E-state index contributed by atoms with van der Waals surface area (Å²) in [5.41, 5.74) is 0.778. The van der Waals surface area contributed by atoms with Crippen LogP contribution in [-0.2, 0) is 12.6 Å². The molecule has 2 aromatic heterocycles. The highest BCUT2D eigenvalue weighted by Gasteiger charge is 2.34. The molecule has 14 heteroatoms. The lowest BCUT2D eigenvalue weighted by Gasteiger charge is -2.16. The number of carbonyl (C=O) groups excluding carboxylic acids is 1. The van der Waals surface area contributed by atoms with Crippen molar-refractivity contribution in [2.75, 3.05) is 0 Å². The summed E-state index contributed by atoms with van der Waals surface area (Å²) in [6.07, 6.45) is -4.79. The number of halogens is 6. The minimum absolute atomic E-state index is 0.0227. The molecule has 0 aliphatic rings. The van der Waals surface area contributed by atoms with Gasteiger partial charge in [-0.15, -0.1) is 5.10 Å². The molecule has 1 unspecified atom stereocenters. The number of carbonyl (C=O) groups is 1. The molecule has 2 N–H and O–H groups in total. The lowest BCUT2D eigenvalue weighted by atomic mass is 10.0. The molecule has 1 atom stereocenters. The number of hydrogen-bond acceptors (Lipinski definition) is 5. The van der Waals surface area contributed by atoms with Gasteiger partial charge in [-0.05, 0) is 59.3 Å². The first-order valence-corrected chi connectivity index (χ1v) is 12.8. The highest BCUT2D eigenvalue weighted by atomic mass is 35.5. The second-order valence-electron chi connectivity index (χ2n) is 9.00. The maximum Gasteiger partial charge on any atom is 0.419 e. The number of nitrogens with zero attached hydrogens (tertiary/aromatic N) is 5. The van der Waals surface area contributed by atoms with E-state index >= 15 is 0 Å². The third-order valence-electron chi connectivity index (χ3n) is 6.28. The predicted molar refractivity (Wildman–Crippen MR) is 143 cm³/mol. The number of nitrogens with one attached hydrogen (secondary N) is 2. The Hall–Kier alpha value is -4.29. The van der Waals surface area contributed by atoms with E-state index in [-0.39, 0.29) is 17.7 Å². The molecule has 41 heavy (non-hydrogen) atoms. The summed E-state index contributed by atoms with van der Waals surface area (Å²) in [5, 5.41) is 22.0. The number of para-hydroxylation sites is 1. The molecule has 0 saturated heterocycles. The van der Waals surface area contributed by atoms with Gasteiger partial charge in [-0.25, -0.2) is 14.2 Å². The normalized spacial score (nSPS) is 12.4. The molecule has 0 radical (unpaired) electrons. The van der Waals surface area contributed by atoms with Crippen LogP contribution in [0.25, 0.3) is 16.9 Å². The van der Waals surface area contributed by atoms with E-state index in [9.17, 15) is 22.4 Å². The van der Waals surface area contributed by atoms with Crippen molar-refractivity contribution in [2.24, 2.45) is 0 Å². The van der Waals surface area contributed by atoms with Gasteiger partial charge in [-0.3, -0.25) is 4.79 Å². The summed E-state index contributed by atoms with van der Waals surface area (Å²) in [6, 6.07) is 15.4. The van der Waals surface area contributed by atoms with E-state index in [0.717, 1.165) is 12.1 Å². The van der Waals surface area contributed by atoms with Crippen molar-refractivity contribution in [3.05, 3.63) is 111 Å². The summed E-state index contributed by atoms with van der Waals surface area (Å²) in [4.78, 5) is 13.7. The van der Waals surface area contributed by atoms with Crippen LogP contribution in [0, 0.1) is 5.82 Å². The standard InChI is InChI=1S/C27H19Cl2F4N7O/c1-14(16-8-11-19(21(30)12-16)27(31,32)33)34-26(41)24-18(13-23-35-38-39-36-23)25(15-6-9-17(28)10-7-15)40(37-24)22-5-3-2-4-20(22)29/h2-12,14H,13H2,1H3,(H,34,41)(H,35,36,38,39). The fourth-order valence-corrected chi connectivity index (χ4v) is 4.64. The number of hydrogen-bond donors (Lipinski definition) is 2. The van der Waals surface area contributed by atoms with E-state index in [1.54, 1.807) is 48.5 Å². The minimum Gasteiger partial charge on any atom is -0.344 e. The first-order valence-electron chi connectivity index (χ1n) is 12.1. The van der Waals surface area contributed by atoms with Crippen molar-refractivity contribution in [3.63, 3.8) is 0 Å². The molecule has 0 spiro atoms. The summed E-state index contributed by atoms with van der Waals surface area (Å²) in [6.45, 7) is 1.52. The molecule has 0 bridgehead atoms. The lowest BCUT2D eigenvalue weighted by molar-refractivity contribution is -0.140. The first kappa shape index (κ1) is 28.2. The maximum atomic E-state index is 14.2. The molecule has 8 nitrogen and oxygen atoms in total. The van der Waals surface area contributed by atoms with Gasteiger partial charge in [-0.1, -0.05) is 53.5 Å². The average Bonchev–Trinajstić information content (AvgIpc) is 3.57. The van der Waals surface area contributed by atoms with Gasteiger partial charge in [0.05, 0.1) is 28.0 Å². The number of H-pyrrole nitrogens is 1. The number of aromatic amines is 1. The van der Waals surface area contributed by atoms with Crippen LogP contribution in [0.15, 0.2) is 66.7 Å². The average molecular weight is 604 g/mol. The van der Waals surface area contributed by atoms with Gasteiger partial charge in [0, 0.05) is 22.6 Å². The number of aromatic nitrogens is 6. The van der Waals surface area contributed by atoms with Crippen LogP contribution in [-0.4, -0.2) is 36.3 Å². The second-order valence-corrected chi connectivity index (χ2v) is 9.85. The first-order chi connectivity index (χ1) is 19.5. The Balaban J connectivity index is 1.61. The Bertz CT molecular complexity index is 1700. The van der Waals surface area contributed by atoms with Crippen molar-refractivity contribution in [1.82, 2.24) is 35.7 Å². The lowest BCUT2D eigenvalue weighted by Crippen LogP contribution is -2.28. The molecule has 5 aromatic rings. The molecule has 2 heterocycles. The molecule has 0 saturated carbocycles. The van der Waals surface area contributed by atoms with Crippen molar-refractivity contribution >= 4 is 29.1 Å². The number of tetrazole rings is 1. The summed E-state index contributed by atoms with van der Waals surface area (Å²) >= 11 is 12.6. The van der Waals surface area contributed by atoms with Crippen LogP contribution in [0.3, 0.4) is 0 Å². The van der Waals surface area contributed by atoms with E-state index in [1.165, 1.54) is 11.6 Å². The number of rotatable bonds is 7. The highest BCUT2D eigenvalue weighted by molar-refractivity contribution is 6.32. The fourth-order valence-electron chi connectivity index (χ4n) is 4.30. The highest BCUT2D eigenvalue weighted by Crippen LogP contribution is 2.35. The Kier molecular flexibility index (Phi) is 7.78. The Morgan fingerprint density at radius 1 is 1.07 bits per heavy atom. The molecular weight excluding hydrogens is 585 g/mol. The van der Waals surface area contributed by atoms with Gasteiger partial charge >= 0.3 is 6.18 Å². The third kappa shape index (κ3) is 5.93. The van der Waals surface area contributed by atoms with Crippen molar-refractivity contribution in [2.45, 2.75) is 25.6 Å². The van der Waals surface area contributed by atoms with Gasteiger partial charge in [-0.2, -0.15) is 18.3 Å². The number of amides is 1. The van der Waals surface area contributed by atoms with E-state index in [2.05, 4.69) is 31.0 Å². The van der Waals surface area contributed by atoms with Gasteiger partial charge in [0.15, 0.2) is 11.5 Å². The van der Waals surface area contributed by atoms with Crippen molar-refractivity contribution in [1.29, 1.82) is 0 Å². The molecule has 0 aliphatic heterocycles. The molecule has 0 aliphatic carbocycles. The Morgan fingerprint density at radius 3 is 2.44 bits per heavy atom. The Labute approximate surface area is 240 Å². The van der Waals surface area contributed by atoms with Crippen LogP contribution in [0.4, 0.5) is 17.6 Å². The molecule has 3 aromatic carbocycles. The zero-order valence-corrected chi connectivity index (χ0v) is 22.6. The molecule has 0 fully saturated rings. The number of alkyl halides is 3. The topological polar surface area (TPSA) is 101 Å². The summed E-state index contributed by atoms with van der Waals surface area (Å²) in [5.74, 6) is -1.77. The van der Waals surface area contributed by atoms with E-state index in [0.29, 0.717) is 44.4 Å². The molecular formula is C27H19Cl2F4N7O. The molecule has 5 rings (SSSR count).